The van der Waals surface area contributed by atoms with Gasteiger partial charge in [-0.25, -0.2) is 0 Å². The SMILES string of the molecule is C1=C2CCCN3CN4CCCC[C@@H]4[C@]4(C[C@@H]1[C@H]1CCCCN1C4)[C@@H]23. The summed E-state index contributed by atoms with van der Waals surface area (Å²) < 4.78 is 0. The maximum Gasteiger partial charge on any atom is 0.0514 e. The van der Waals surface area contributed by atoms with Crippen LogP contribution in [0.25, 0.3) is 0 Å². The van der Waals surface area contributed by atoms with Crippen LogP contribution in [0.2, 0.25) is 0 Å². The van der Waals surface area contributed by atoms with Crippen molar-refractivity contribution in [1.82, 2.24) is 14.7 Å². The van der Waals surface area contributed by atoms with Gasteiger partial charge in [-0.05, 0) is 64.0 Å². The predicted octanol–water partition coefficient (Wildman–Crippen LogP) is 3.08. The minimum Gasteiger partial charge on any atom is -0.299 e. The Morgan fingerprint density at radius 3 is 2.67 bits per heavy atom. The minimum absolute atomic E-state index is 0.557. The summed E-state index contributed by atoms with van der Waals surface area (Å²) in [7, 11) is 0. The van der Waals surface area contributed by atoms with E-state index in [1.54, 1.807) is 0 Å². The highest BCUT2D eigenvalue weighted by molar-refractivity contribution is 5.31. The lowest BCUT2D eigenvalue weighted by molar-refractivity contribution is -0.165. The first-order valence-corrected chi connectivity index (χ1v) is 10.8. The van der Waals surface area contributed by atoms with Crippen molar-refractivity contribution in [3.63, 3.8) is 0 Å². The lowest BCUT2D eigenvalue weighted by Gasteiger charge is -2.68. The van der Waals surface area contributed by atoms with Crippen molar-refractivity contribution in [2.24, 2.45) is 11.3 Å². The summed E-state index contributed by atoms with van der Waals surface area (Å²) in [5, 5.41) is 0. The lowest BCUT2D eigenvalue weighted by atomic mass is 9.54. The molecule has 0 N–H and O–H groups in total. The average Bonchev–Trinajstić information content (AvgIpc) is 2.62. The van der Waals surface area contributed by atoms with Crippen molar-refractivity contribution in [2.75, 3.05) is 32.8 Å². The topological polar surface area (TPSA) is 9.72 Å². The minimum atomic E-state index is 0.557. The molecule has 24 heavy (non-hydrogen) atoms. The van der Waals surface area contributed by atoms with Crippen molar-refractivity contribution in [2.45, 2.75) is 75.9 Å². The van der Waals surface area contributed by atoms with Gasteiger partial charge in [0.2, 0.25) is 0 Å². The smallest absolute Gasteiger partial charge is 0.0514 e. The molecule has 2 bridgehead atoms. The Morgan fingerprint density at radius 1 is 0.875 bits per heavy atom. The maximum absolute atomic E-state index is 2.95. The van der Waals surface area contributed by atoms with Crippen molar-refractivity contribution in [3.05, 3.63) is 11.6 Å². The summed E-state index contributed by atoms with van der Waals surface area (Å²) in [6.07, 6.45) is 15.9. The van der Waals surface area contributed by atoms with E-state index in [0.717, 1.165) is 24.0 Å². The van der Waals surface area contributed by atoms with Crippen LogP contribution in [0.3, 0.4) is 0 Å². The molecule has 1 spiro atoms. The second kappa shape index (κ2) is 5.31. The molecule has 3 nitrogen and oxygen atoms in total. The third-order valence-electron chi connectivity index (χ3n) is 8.51. The first-order valence-electron chi connectivity index (χ1n) is 10.8. The van der Waals surface area contributed by atoms with Gasteiger partial charge in [-0.1, -0.05) is 24.5 Å². The molecule has 0 aromatic heterocycles. The molecule has 5 atom stereocenters. The summed E-state index contributed by atoms with van der Waals surface area (Å²) in [5.74, 6) is 0.868. The number of nitrogens with zero attached hydrogens (tertiary/aromatic N) is 3. The van der Waals surface area contributed by atoms with E-state index in [-0.39, 0.29) is 0 Å². The third-order valence-corrected chi connectivity index (χ3v) is 8.51. The molecule has 5 saturated heterocycles. The molecular formula is C21H33N3. The van der Waals surface area contributed by atoms with Crippen LogP contribution in [-0.4, -0.2) is 65.7 Å². The Balaban J connectivity index is 1.47. The van der Waals surface area contributed by atoms with Crippen LogP contribution < -0.4 is 0 Å². The van der Waals surface area contributed by atoms with E-state index in [4.69, 9.17) is 0 Å². The molecule has 5 fully saturated rings. The fourth-order valence-corrected chi connectivity index (χ4v) is 7.87. The Hall–Kier alpha value is -0.380. The van der Waals surface area contributed by atoms with Gasteiger partial charge >= 0.3 is 0 Å². The van der Waals surface area contributed by atoms with E-state index in [9.17, 15) is 0 Å². The van der Waals surface area contributed by atoms with Crippen LogP contribution in [-0.2, 0) is 0 Å². The van der Waals surface area contributed by atoms with Crippen molar-refractivity contribution in [1.29, 1.82) is 0 Å². The molecule has 0 radical (unpaired) electrons. The van der Waals surface area contributed by atoms with E-state index in [2.05, 4.69) is 20.8 Å². The summed E-state index contributed by atoms with van der Waals surface area (Å²) in [6.45, 7) is 6.77. The van der Waals surface area contributed by atoms with Gasteiger partial charge in [0.05, 0.1) is 6.67 Å². The van der Waals surface area contributed by atoms with Crippen molar-refractivity contribution >= 4 is 0 Å². The fraction of sp³-hybridized carbons (Fsp3) is 0.905. The maximum atomic E-state index is 2.95. The molecular weight excluding hydrogens is 294 g/mol. The second-order valence-corrected chi connectivity index (χ2v) is 9.66. The second-order valence-electron chi connectivity index (χ2n) is 9.66. The highest BCUT2D eigenvalue weighted by Gasteiger charge is 2.61. The molecule has 6 rings (SSSR count). The van der Waals surface area contributed by atoms with Gasteiger partial charge in [-0.2, -0.15) is 0 Å². The summed E-state index contributed by atoms with van der Waals surface area (Å²) >= 11 is 0. The van der Waals surface area contributed by atoms with Gasteiger partial charge in [-0.3, -0.25) is 14.7 Å². The van der Waals surface area contributed by atoms with Crippen LogP contribution in [0, 0.1) is 11.3 Å². The summed E-state index contributed by atoms with van der Waals surface area (Å²) in [4.78, 5) is 8.77. The van der Waals surface area contributed by atoms with E-state index in [1.807, 2.05) is 5.57 Å². The Bertz CT molecular complexity index is 557. The predicted molar refractivity (Wildman–Crippen MR) is 96.8 cm³/mol. The molecule has 5 heterocycles. The highest BCUT2D eigenvalue weighted by atomic mass is 15.4. The number of rotatable bonds is 0. The largest absolute Gasteiger partial charge is 0.299 e. The van der Waals surface area contributed by atoms with E-state index >= 15 is 0 Å². The van der Waals surface area contributed by atoms with Crippen molar-refractivity contribution < 1.29 is 0 Å². The van der Waals surface area contributed by atoms with Crippen LogP contribution in [0.4, 0.5) is 0 Å². The zero-order valence-corrected chi connectivity index (χ0v) is 15.1. The first-order chi connectivity index (χ1) is 11.9. The van der Waals surface area contributed by atoms with Crippen LogP contribution in [0.1, 0.15) is 57.8 Å². The van der Waals surface area contributed by atoms with Gasteiger partial charge in [0, 0.05) is 36.6 Å². The van der Waals surface area contributed by atoms with E-state index in [0.29, 0.717) is 5.41 Å². The molecule has 0 amide bonds. The van der Waals surface area contributed by atoms with Crippen LogP contribution >= 0.6 is 0 Å². The van der Waals surface area contributed by atoms with Gasteiger partial charge in [-0.15, -0.1) is 0 Å². The fourth-order valence-electron chi connectivity index (χ4n) is 7.87. The lowest BCUT2D eigenvalue weighted by Crippen LogP contribution is -2.75. The summed E-state index contributed by atoms with van der Waals surface area (Å²) in [5.41, 5.74) is 2.43. The monoisotopic (exact) mass is 327 g/mol. The first kappa shape index (κ1) is 14.8. The Labute approximate surface area is 147 Å². The number of hydrogen-bond acceptors (Lipinski definition) is 3. The molecule has 5 aliphatic heterocycles. The zero-order chi connectivity index (χ0) is 15.7. The normalized spacial score (nSPS) is 48.9. The Morgan fingerprint density at radius 2 is 1.71 bits per heavy atom. The molecule has 0 unspecified atom stereocenters. The zero-order valence-electron chi connectivity index (χ0n) is 15.1. The molecule has 0 saturated carbocycles. The molecule has 3 heteroatoms. The van der Waals surface area contributed by atoms with Gasteiger partial charge in [0.25, 0.3) is 0 Å². The number of hydrogen-bond donors (Lipinski definition) is 0. The molecule has 1 aliphatic carbocycles. The summed E-state index contributed by atoms with van der Waals surface area (Å²) in [6, 6.07) is 2.55. The molecule has 132 valence electrons. The quantitative estimate of drug-likeness (QED) is 0.633. The van der Waals surface area contributed by atoms with Crippen molar-refractivity contribution in [3.8, 4) is 0 Å². The molecule has 0 aromatic rings. The van der Waals surface area contributed by atoms with E-state index in [1.165, 1.54) is 90.6 Å². The molecule has 6 aliphatic rings. The van der Waals surface area contributed by atoms with Crippen LogP contribution in [0.5, 0.6) is 0 Å². The van der Waals surface area contributed by atoms with E-state index < -0.39 is 0 Å². The van der Waals surface area contributed by atoms with Crippen LogP contribution in [0.15, 0.2) is 11.6 Å². The third kappa shape index (κ3) is 1.90. The number of fused-ring (bicyclic) bond motifs is 4. The Kier molecular flexibility index (Phi) is 3.26. The standard InChI is InChI=1S/C21H33N3/c1-3-9-22-14-21-13-17(18(22)7-1)12-16-6-5-11-24(20(16)21)15-23-10-4-2-8-19(21)23/h12,17-20H,1-11,13-15H2/t17-,18-,19-,20-,21-/m1/s1. The highest BCUT2D eigenvalue weighted by Crippen LogP contribution is 2.57. The van der Waals surface area contributed by atoms with Gasteiger partial charge in [0.15, 0.2) is 0 Å². The molecule has 0 aromatic carbocycles. The number of piperidine rings is 4. The van der Waals surface area contributed by atoms with Gasteiger partial charge < -0.3 is 0 Å². The van der Waals surface area contributed by atoms with Gasteiger partial charge in [0.1, 0.15) is 0 Å². The average molecular weight is 328 g/mol.